The lowest BCUT2D eigenvalue weighted by Crippen LogP contribution is -2.26. The molecule has 0 bridgehead atoms. The molecule has 32 heavy (non-hydrogen) atoms. The third-order valence-electron chi connectivity index (χ3n) is 6.06. The molecule has 172 valence electrons. The molecule has 6 nitrogen and oxygen atoms in total. The van der Waals surface area contributed by atoms with Gasteiger partial charge in [0.1, 0.15) is 5.60 Å². The van der Waals surface area contributed by atoms with E-state index >= 15 is 0 Å². The Morgan fingerprint density at radius 1 is 1.06 bits per heavy atom. The van der Waals surface area contributed by atoms with Crippen LogP contribution in [0.25, 0.3) is 11.3 Å². The number of carboxylic acids is 1. The van der Waals surface area contributed by atoms with Crippen LogP contribution in [-0.2, 0) is 16.0 Å². The number of benzene rings is 1. The summed E-state index contributed by atoms with van der Waals surface area (Å²) in [7, 11) is 0. The number of aromatic nitrogens is 2. The largest absolute Gasteiger partial charge is 0.476 e. The van der Waals surface area contributed by atoms with Crippen LogP contribution in [-0.4, -0.2) is 32.6 Å². The first kappa shape index (κ1) is 23.9. The Morgan fingerprint density at radius 2 is 1.69 bits per heavy atom. The summed E-state index contributed by atoms with van der Waals surface area (Å²) < 4.78 is 5.47. The fraction of sp³-hybridized carbons (Fsp3) is 0.538. The van der Waals surface area contributed by atoms with Gasteiger partial charge in [-0.3, -0.25) is 9.78 Å². The third kappa shape index (κ3) is 5.93. The number of hydrogen-bond acceptors (Lipinski definition) is 5. The monoisotopic (exact) mass is 438 g/mol. The molecule has 6 heteroatoms. The summed E-state index contributed by atoms with van der Waals surface area (Å²) in [5, 5.41) is 9.41. The summed E-state index contributed by atoms with van der Waals surface area (Å²) in [6.07, 6.45) is 5.35. The van der Waals surface area contributed by atoms with Crippen molar-refractivity contribution in [3.63, 3.8) is 0 Å². The zero-order valence-corrected chi connectivity index (χ0v) is 19.8. The standard InChI is InChI=1S/C26H34N2O4/c1-6-21-24(28-23(25(30)31)16(2)27-21)20-13-11-19(12-14-20)18-9-7-17(8-10-18)15-22(29)32-26(3,4)5/h11-14,17-18H,6-10,15H2,1-5H3,(H,30,31). The normalized spacial score (nSPS) is 18.9. The zero-order chi connectivity index (χ0) is 23.5. The van der Waals surface area contributed by atoms with E-state index < -0.39 is 11.6 Å². The first-order chi connectivity index (χ1) is 15.1. The molecule has 1 aliphatic carbocycles. The van der Waals surface area contributed by atoms with E-state index in [1.165, 1.54) is 5.56 Å². The molecule has 0 saturated heterocycles. The molecule has 0 spiro atoms. The van der Waals surface area contributed by atoms with E-state index in [0.717, 1.165) is 36.9 Å². The van der Waals surface area contributed by atoms with E-state index in [9.17, 15) is 14.7 Å². The van der Waals surface area contributed by atoms with Crippen molar-refractivity contribution >= 4 is 11.9 Å². The Balaban J connectivity index is 1.67. The Labute approximate surface area is 190 Å². The maximum Gasteiger partial charge on any atom is 0.356 e. The first-order valence-corrected chi connectivity index (χ1v) is 11.5. The number of rotatable bonds is 6. The van der Waals surface area contributed by atoms with Gasteiger partial charge in [0.2, 0.25) is 0 Å². The average Bonchev–Trinajstić information content (AvgIpc) is 2.72. The number of aryl methyl sites for hydroxylation is 2. The number of hydrogen-bond donors (Lipinski definition) is 1. The van der Waals surface area contributed by atoms with E-state index in [1.54, 1.807) is 6.92 Å². The van der Waals surface area contributed by atoms with Gasteiger partial charge in [0.05, 0.1) is 17.1 Å². The van der Waals surface area contributed by atoms with Crippen molar-refractivity contribution in [1.29, 1.82) is 0 Å². The second-order valence-corrected chi connectivity index (χ2v) is 9.74. The summed E-state index contributed by atoms with van der Waals surface area (Å²) >= 11 is 0. The molecule has 0 unspecified atom stereocenters. The number of carboxylic acid groups (broad SMARTS) is 1. The van der Waals surface area contributed by atoms with E-state index in [1.807, 2.05) is 39.8 Å². The minimum absolute atomic E-state index is 0.00425. The zero-order valence-electron chi connectivity index (χ0n) is 19.8. The fourth-order valence-corrected chi connectivity index (χ4v) is 4.48. The summed E-state index contributed by atoms with van der Waals surface area (Å²) in [5.41, 5.74) is 3.63. The van der Waals surface area contributed by atoms with Gasteiger partial charge in [0, 0.05) is 12.0 Å². The molecule has 1 aromatic carbocycles. The number of carbonyl (C=O) groups is 2. The van der Waals surface area contributed by atoms with Crippen molar-refractivity contribution in [3.8, 4) is 11.3 Å². The predicted octanol–water partition coefficient (Wildman–Crippen LogP) is 5.72. The van der Waals surface area contributed by atoms with Crippen molar-refractivity contribution in [1.82, 2.24) is 9.97 Å². The highest BCUT2D eigenvalue weighted by atomic mass is 16.6. The molecule has 1 N–H and O–H groups in total. The molecule has 0 aliphatic heterocycles. The highest BCUT2D eigenvalue weighted by Crippen LogP contribution is 2.38. The van der Waals surface area contributed by atoms with Crippen LogP contribution in [0.2, 0.25) is 0 Å². The molecule has 1 heterocycles. The first-order valence-electron chi connectivity index (χ1n) is 11.5. The van der Waals surface area contributed by atoms with Crippen molar-refractivity contribution in [2.45, 2.75) is 84.7 Å². The number of nitrogens with zero attached hydrogens (tertiary/aromatic N) is 2. The van der Waals surface area contributed by atoms with Gasteiger partial charge in [0.25, 0.3) is 0 Å². The van der Waals surface area contributed by atoms with E-state index in [-0.39, 0.29) is 11.7 Å². The van der Waals surface area contributed by atoms with Crippen LogP contribution in [0.3, 0.4) is 0 Å². The maximum atomic E-state index is 12.1. The molecular weight excluding hydrogens is 404 g/mol. The molecule has 3 rings (SSSR count). The van der Waals surface area contributed by atoms with Gasteiger partial charge in [-0.1, -0.05) is 31.2 Å². The molecule has 1 aromatic heterocycles. The molecule has 0 atom stereocenters. The van der Waals surface area contributed by atoms with E-state index in [2.05, 4.69) is 22.1 Å². The molecule has 1 aliphatic rings. The quantitative estimate of drug-likeness (QED) is 0.580. The van der Waals surface area contributed by atoms with E-state index in [0.29, 0.717) is 36.1 Å². The van der Waals surface area contributed by atoms with Gasteiger partial charge in [-0.25, -0.2) is 9.78 Å². The van der Waals surface area contributed by atoms with Crippen LogP contribution >= 0.6 is 0 Å². The fourth-order valence-electron chi connectivity index (χ4n) is 4.48. The van der Waals surface area contributed by atoms with Crippen molar-refractivity contribution in [2.24, 2.45) is 5.92 Å². The highest BCUT2D eigenvalue weighted by Gasteiger charge is 2.26. The van der Waals surface area contributed by atoms with Crippen molar-refractivity contribution in [3.05, 3.63) is 46.9 Å². The van der Waals surface area contributed by atoms with Crippen LogP contribution in [0.1, 0.15) is 93.2 Å². The summed E-state index contributed by atoms with van der Waals surface area (Å²) in [4.78, 5) is 32.5. The van der Waals surface area contributed by atoms with Crippen molar-refractivity contribution in [2.75, 3.05) is 0 Å². The van der Waals surface area contributed by atoms with Gasteiger partial charge in [-0.2, -0.15) is 0 Å². The van der Waals surface area contributed by atoms with Gasteiger partial charge in [-0.15, -0.1) is 0 Å². The molecule has 1 saturated carbocycles. The Morgan fingerprint density at radius 3 is 2.22 bits per heavy atom. The minimum Gasteiger partial charge on any atom is -0.476 e. The minimum atomic E-state index is -1.06. The summed E-state index contributed by atoms with van der Waals surface area (Å²) in [6.45, 7) is 9.39. The van der Waals surface area contributed by atoms with Crippen molar-refractivity contribution < 1.29 is 19.4 Å². The summed E-state index contributed by atoms with van der Waals surface area (Å²) in [6, 6.07) is 8.28. The smallest absolute Gasteiger partial charge is 0.356 e. The number of esters is 1. The third-order valence-corrected chi connectivity index (χ3v) is 6.06. The highest BCUT2D eigenvalue weighted by molar-refractivity contribution is 5.87. The number of carbonyl (C=O) groups excluding carboxylic acids is 1. The SMILES string of the molecule is CCc1nc(C)c(C(=O)O)nc1-c1ccc(C2CCC(CC(=O)OC(C)(C)C)CC2)cc1. The predicted molar refractivity (Wildman–Crippen MR) is 124 cm³/mol. The molecular formula is C26H34N2O4. The van der Waals surface area contributed by atoms with E-state index in [4.69, 9.17) is 4.74 Å². The number of ether oxygens (including phenoxy) is 1. The topological polar surface area (TPSA) is 89.4 Å². The lowest BCUT2D eigenvalue weighted by molar-refractivity contribution is -0.156. The average molecular weight is 439 g/mol. The lowest BCUT2D eigenvalue weighted by atomic mass is 9.77. The van der Waals surface area contributed by atoms with Gasteiger partial charge in [-0.05, 0) is 77.2 Å². The molecule has 0 radical (unpaired) electrons. The Bertz CT molecular complexity index is 969. The second-order valence-electron chi connectivity index (χ2n) is 9.74. The maximum absolute atomic E-state index is 12.1. The van der Waals surface area contributed by atoms with Crippen LogP contribution < -0.4 is 0 Å². The van der Waals surface area contributed by atoms with Crippen LogP contribution in [0.4, 0.5) is 0 Å². The summed E-state index contributed by atoms with van der Waals surface area (Å²) in [5.74, 6) is -0.288. The Hall–Kier alpha value is -2.76. The molecule has 2 aromatic rings. The van der Waals surface area contributed by atoms with Gasteiger partial charge in [0.15, 0.2) is 5.69 Å². The van der Waals surface area contributed by atoms with Crippen LogP contribution in [0.15, 0.2) is 24.3 Å². The van der Waals surface area contributed by atoms with Crippen LogP contribution in [0.5, 0.6) is 0 Å². The Kier molecular flexibility index (Phi) is 7.32. The van der Waals surface area contributed by atoms with Gasteiger partial charge < -0.3 is 9.84 Å². The molecule has 0 amide bonds. The van der Waals surface area contributed by atoms with Crippen LogP contribution in [0, 0.1) is 12.8 Å². The number of aromatic carboxylic acids is 1. The molecule has 1 fully saturated rings. The lowest BCUT2D eigenvalue weighted by Gasteiger charge is -2.29. The second kappa shape index (κ2) is 9.80. The van der Waals surface area contributed by atoms with Gasteiger partial charge >= 0.3 is 11.9 Å².